The van der Waals surface area contributed by atoms with Crippen molar-refractivity contribution < 1.29 is 35.9 Å². The fourth-order valence-electron chi connectivity index (χ4n) is 2.52. The first-order chi connectivity index (χ1) is 13.9. The molecule has 2 aromatic carbocycles. The van der Waals surface area contributed by atoms with E-state index >= 15 is 0 Å². The average Bonchev–Trinajstić information content (AvgIpc) is 2.63. The Morgan fingerprint density at radius 1 is 0.700 bits per heavy atom. The fourth-order valence-corrected chi connectivity index (χ4v) is 4.29. The maximum Gasteiger partial charge on any atom is 0.416 e. The predicted molar refractivity (Wildman–Crippen MR) is 105 cm³/mol. The van der Waals surface area contributed by atoms with E-state index in [2.05, 4.69) is 0 Å². The SMILES string of the molecule is Cc1cc(N(C=O)SSN(C=O)c2ccc(C(F)(F)F)c(C)c2)ccc1C(F)(F)F. The van der Waals surface area contributed by atoms with E-state index in [9.17, 15) is 35.9 Å². The van der Waals surface area contributed by atoms with Crippen molar-refractivity contribution in [1.29, 1.82) is 0 Å². The third-order valence-corrected chi connectivity index (χ3v) is 6.07. The van der Waals surface area contributed by atoms with Gasteiger partial charge >= 0.3 is 12.4 Å². The van der Waals surface area contributed by atoms with Crippen molar-refractivity contribution in [3.63, 3.8) is 0 Å². The predicted octanol–water partition coefficient (Wildman–Crippen LogP) is 6.18. The highest BCUT2D eigenvalue weighted by molar-refractivity contribution is 8.78. The molecule has 0 bridgehead atoms. The Hall–Kier alpha value is -2.34. The van der Waals surface area contributed by atoms with E-state index in [1.165, 1.54) is 13.8 Å². The molecule has 0 aliphatic rings. The highest BCUT2D eigenvalue weighted by Gasteiger charge is 2.33. The lowest BCUT2D eigenvalue weighted by Gasteiger charge is -2.21. The van der Waals surface area contributed by atoms with Gasteiger partial charge in [-0.25, -0.2) is 8.61 Å². The van der Waals surface area contributed by atoms with Gasteiger partial charge in [-0.1, -0.05) is 0 Å². The number of halogens is 6. The number of anilines is 2. The van der Waals surface area contributed by atoms with Crippen LogP contribution in [0.5, 0.6) is 0 Å². The van der Waals surface area contributed by atoms with Crippen LogP contribution in [0.4, 0.5) is 37.7 Å². The summed E-state index contributed by atoms with van der Waals surface area (Å²) in [5, 5.41) is 0. The Morgan fingerprint density at radius 2 is 1.03 bits per heavy atom. The largest absolute Gasteiger partial charge is 0.416 e. The average molecular weight is 468 g/mol. The number of carbonyl (C=O) groups is 2. The molecule has 0 saturated heterocycles. The molecule has 0 N–H and O–H groups in total. The zero-order valence-corrected chi connectivity index (χ0v) is 17.0. The molecule has 2 rings (SSSR count). The van der Waals surface area contributed by atoms with Crippen molar-refractivity contribution in [2.45, 2.75) is 26.2 Å². The molecule has 4 nitrogen and oxygen atoms in total. The zero-order valence-electron chi connectivity index (χ0n) is 15.4. The van der Waals surface area contributed by atoms with Gasteiger partial charge in [0, 0.05) is 0 Å². The second-order valence-electron chi connectivity index (χ2n) is 6.01. The lowest BCUT2D eigenvalue weighted by Crippen LogP contribution is -2.16. The molecular formula is C18H14F6N2O2S2. The number of nitrogens with zero attached hydrogens (tertiary/aromatic N) is 2. The van der Waals surface area contributed by atoms with E-state index in [1.807, 2.05) is 0 Å². The Labute approximate surface area is 175 Å². The number of carbonyl (C=O) groups excluding carboxylic acids is 2. The summed E-state index contributed by atoms with van der Waals surface area (Å²) in [5.74, 6) is 0. The Bertz CT molecular complexity index is 858. The number of amides is 2. The van der Waals surface area contributed by atoms with Gasteiger partial charge in [0.25, 0.3) is 0 Å². The molecule has 0 heterocycles. The van der Waals surface area contributed by atoms with Gasteiger partial charge in [-0.3, -0.25) is 9.59 Å². The monoisotopic (exact) mass is 468 g/mol. The molecule has 0 aliphatic carbocycles. The molecule has 2 aromatic rings. The minimum atomic E-state index is -4.54. The third kappa shape index (κ3) is 5.63. The molecular weight excluding hydrogens is 454 g/mol. The number of hydrogen-bond acceptors (Lipinski definition) is 4. The van der Waals surface area contributed by atoms with Crippen LogP contribution >= 0.6 is 22.0 Å². The first-order valence-corrected chi connectivity index (χ1v) is 10.1. The highest BCUT2D eigenvalue weighted by atomic mass is 33.1. The molecule has 0 fully saturated rings. The van der Waals surface area contributed by atoms with Crippen LogP contribution in [-0.2, 0) is 21.9 Å². The molecule has 0 atom stereocenters. The summed E-state index contributed by atoms with van der Waals surface area (Å²) < 4.78 is 79.2. The van der Waals surface area contributed by atoms with Crippen LogP contribution in [0.15, 0.2) is 36.4 Å². The standard InChI is InChI=1S/C18H14F6N2O2S2/c1-11-7-13(3-5-15(11)17(19,20)21)25(9-27)29-30-26(10-28)14-4-6-16(12(2)8-14)18(22,23)24/h3-10H,1-2H3. The number of alkyl halides is 6. The summed E-state index contributed by atoms with van der Waals surface area (Å²) in [7, 11) is 1.43. The van der Waals surface area contributed by atoms with E-state index < -0.39 is 23.5 Å². The minimum Gasteiger partial charge on any atom is -0.277 e. The summed E-state index contributed by atoms with van der Waals surface area (Å²) in [6.07, 6.45) is -8.38. The van der Waals surface area contributed by atoms with Crippen LogP contribution in [0.25, 0.3) is 0 Å². The molecule has 162 valence electrons. The normalized spacial score (nSPS) is 11.9. The minimum absolute atomic E-state index is 0.0944. The van der Waals surface area contributed by atoms with E-state index in [4.69, 9.17) is 0 Å². The summed E-state index contributed by atoms with van der Waals surface area (Å²) in [4.78, 5) is 22.8. The van der Waals surface area contributed by atoms with Crippen molar-refractivity contribution >= 4 is 46.2 Å². The van der Waals surface area contributed by atoms with Gasteiger partial charge in [0.2, 0.25) is 12.8 Å². The molecule has 30 heavy (non-hydrogen) atoms. The third-order valence-electron chi connectivity index (χ3n) is 3.93. The molecule has 0 aromatic heterocycles. The maximum absolute atomic E-state index is 12.9. The number of benzene rings is 2. The van der Waals surface area contributed by atoms with Crippen LogP contribution in [0, 0.1) is 13.8 Å². The summed E-state index contributed by atoms with van der Waals surface area (Å²) in [5.41, 5.74) is -1.59. The smallest absolute Gasteiger partial charge is 0.277 e. The van der Waals surface area contributed by atoms with Crippen molar-refractivity contribution in [3.05, 3.63) is 58.7 Å². The van der Waals surface area contributed by atoms with E-state index in [0.717, 1.165) is 45.0 Å². The molecule has 0 spiro atoms. The Morgan fingerprint density at radius 3 is 1.27 bits per heavy atom. The van der Waals surface area contributed by atoms with Crippen molar-refractivity contribution in [2.24, 2.45) is 0 Å². The second kappa shape index (κ2) is 9.21. The van der Waals surface area contributed by atoms with E-state index in [1.54, 1.807) is 0 Å². The van der Waals surface area contributed by atoms with Gasteiger partial charge < -0.3 is 0 Å². The molecule has 0 radical (unpaired) electrons. The molecule has 2 amide bonds. The van der Waals surface area contributed by atoms with Crippen LogP contribution in [-0.4, -0.2) is 12.8 Å². The maximum atomic E-state index is 12.9. The number of rotatable bonds is 7. The first kappa shape index (κ1) is 23.9. The topological polar surface area (TPSA) is 40.6 Å². The van der Waals surface area contributed by atoms with Crippen LogP contribution in [0.3, 0.4) is 0 Å². The molecule has 0 saturated carbocycles. The van der Waals surface area contributed by atoms with Crippen LogP contribution in [0.1, 0.15) is 22.3 Å². The van der Waals surface area contributed by atoms with Gasteiger partial charge in [-0.05, 0) is 61.4 Å². The second-order valence-corrected chi connectivity index (χ2v) is 7.98. The zero-order chi connectivity index (χ0) is 22.7. The van der Waals surface area contributed by atoms with Gasteiger partial charge in [0.15, 0.2) is 0 Å². The molecule has 0 aliphatic heterocycles. The van der Waals surface area contributed by atoms with E-state index in [-0.39, 0.29) is 22.5 Å². The lowest BCUT2D eigenvalue weighted by atomic mass is 10.1. The van der Waals surface area contributed by atoms with Gasteiger partial charge in [-0.15, -0.1) is 0 Å². The molecule has 0 unspecified atom stereocenters. The summed E-state index contributed by atoms with van der Waals surface area (Å²) in [6.45, 7) is 2.49. The fraction of sp³-hybridized carbons (Fsp3) is 0.222. The first-order valence-electron chi connectivity index (χ1n) is 8.08. The van der Waals surface area contributed by atoms with Crippen molar-refractivity contribution in [1.82, 2.24) is 0 Å². The summed E-state index contributed by atoms with van der Waals surface area (Å²) in [6, 6.07) is 6.21. The van der Waals surface area contributed by atoms with Gasteiger partial charge in [-0.2, -0.15) is 26.3 Å². The quantitative estimate of drug-likeness (QED) is 0.211. The van der Waals surface area contributed by atoms with Gasteiger partial charge in [0.1, 0.15) is 0 Å². The van der Waals surface area contributed by atoms with Crippen molar-refractivity contribution in [2.75, 3.05) is 8.61 Å². The van der Waals surface area contributed by atoms with Crippen LogP contribution in [0.2, 0.25) is 0 Å². The Kier molecular flexibility index (Phi) is 7.35. The number of aryl methyl sites for hydroxylation is 2. The van der Waals surface area contributed by atoms with Gasteiger partial charge in [0.05, 0.1) is 44.5 Å². The number of hydrogen-bond donors (Lipinski definition) is 0. The van der Waals surface area contributed by atoms with Crippen LogP contribution < -0.4 is 8.61 Å². The van der Waals surface area contributed by atoms with E-state index in [0.29, 0.717) is 34.8 Å². The van der Waals surface area contributed by atoms with Crippen molar-refractivity contribution in [3.8, 4) is 0 Å². The molecule has 12 heteroatoms. The Balaban J connectivity index is 2.19. The highest BCUT2D eigenvalue weighted by Crippen LogP contribution is 2.39. The summed E-state index contributed by atoms with van der Waals surface area (Å²) >= 11 is 0. The lowest BCUT2D eigenvalue weighted by molar-refractivity contribution is -0.138.